The highest BCUT2D eigenvalue weighted by molar-refractivity contribution is 5.57. The maximum atomic E-state index is 12.3. The zero-order valence-electron chi connectivity index (χ0n) is 17.6. The van der Waals surface area contributed by atoms with Crippen LogP contribution in [0.5, 0.6) is 5.75 Å². The second-order valence-electron chi connectivity index (χ2n) is 7.53. The second-order valence-corrected chi connectivity index (χ2v) is 7.53. The standard InChI is InChI=1S/C22H20F3N5O2/c1-13(2)16-6-4-15(5-7-16)12-30-14(3)26-20(28-30)21-27-19(29-32-21)17-8-10-18(11-9-17)31-22(23,24)25/h4-11,13H,12H2,1-3H3. The van der Waals surface area contributed by atoms with Crippen molar-refractivity contribution in [2.24, 2.45) is 0 Å². The molecule has 2 aromatic heterocycles. The number of aromatic nitrogens is 5. The van der Waals surface area contributed by atoms with Crippen LogP contribution in [0, 0.1) is 6.92 Å². The summed E-state index contributed by atoms with van der Waals surface area (Å²) >= 11 is 0. The molecule has 0 aliphatic heterocycles. The van der Waals surface area contributed by atoms with Crippen LogP contribution >= 0.6 is 0 Å². The van der Waals surface area contributed by atoms with Gasteiger partial charge in [-0.2, -0.15) is 4.98 Å². The third kappa shape index (κ3) is 4.96. The molecule has 0 aliphatic carbocycles. The van der Waals surface area contributed by atoms with Crippen LogP contribution in [-0.4, -0.2) is 31.3 Å². The van der Waals surface area contributed by atoms with Crippen LogP contribution < -0.4 is 4.74 Å². The molecule has 0 saturated carbocycles. The van der Waals surface area contributed by atoms with E-state index in [4.69, 9.17) is 4.52 Å². The van der Waals surface area contributed by atoms with E-state index in [2.05, 4.69) is 63.1 Å². The summed E-state index contributed by atoms with van der Waals surface area (Å²) in [5, 5.41) is 8.34. The fourth-order valence-electron chi connectivity index (χ4n) is 3.08. The molecule has 0 aliphatic rings. The first-order valence-electron chi connectivity index (χ1n) is 9.88. The number of nitrogens with zero attached hydrogens (tertiary/aromatic N) is 5. The Bertz CT molecular complexity index is 1200. The molecule has 4 aromatic rings. The van der Waals surface area contributed by atoms with Crippen molar-refractivity contribution in [1.29, 1.82) is 0 Å². The molecule has 166 valence electrons. The van der Waals surface area contributed by atoms with Crippen molar-refractivity contribution in [3.8, 4) is 28.9 Å². The first-order chi connectivity index (χ1) is 15.2. The molecule has 0 radical (unpaired) electrons. The van der Waals surface area contributed by atoms with Gasteiger partial charge in [-0.25, -0.2) is 9.67 Å². The van der Waals surface area contributed by atoms with Crippen LogP contribution in [0.15, 0.2) is 53.1 Å². The van der Waals surface area contributed by atoms with E-state index < -0.39 is 6.36 Å². The highest BCUT2D eigenvalue weighted by Crippen LogP contribution is 2.26. The minimum Gasteiger partial charge on any atom is -0.406 e. The maximum absolute atomic E-state index is 12.3. The summed E-state index contributed by atoms with van der Waals surface area (Å²) in [7, 11) is 0. The van der Waals surface area contributed by atoms with E-state index in [0.29, 0.717) is 23.9 Å². The van der Waals surface area contributed by atoms with Gasteiger partial charge in [-0.3, -0.25) is 0 Å². The smallest absolute Gasteiger partial charge is 0.406 e. The zero-order valence-corrected chi connectivity index (χ0v) is 17.6. The maximum Gasteiger partial charge on any atom is 0.573 e. The largest absolute Gasteiger partial charge is 0.573 e. The average Bonchev–Trinajstić information content (AvgIpc) is 3.35. The van der Waals surface area contributed by atoms with Crippen molar-refractivity contribution < 1.29 is 22.4 Å². The molecule has 0 fully saturated rings. The predicted octanol–water partition coefficient (Wildman–Crippen LogP) is 5.37. The van der Waals surface area contributed by atoms with Crippen molar-refractivity contribution in [2.45, 2.75) is 39.6 Å². The summed E-state index contributed by atoms with van der Waals surface area (Å²) in [6, 6.07) is 13.5. The summed E-state index contributed by atoms with van der Waals surface area (Å²) in [6.45, 7) is 6.66. The lowest BCUT2D eigenvalue weighted by molar-refractivity contribution is -0.274. The Morgan fingerprint density at radius 2 is 1.66 bits per heavy atom. The topological polar surface area (TPSA) is 78.9 Å². The molecule has 32 heavy (non-hydrogen) atoms. The molecule has 10 heteroatoms. The SMILES string of the molecule is Cc1nc(-c2nc(-c3ccc(OC(F)(F)F)cc3)no2)nn1Cc1ccc(C(C)C)cc1. The van der Waals surface area contributed by atoms with Crippen molar-refractivity contribution in [3.63, 3.8) is 0 Å². The Kier molecular flexibility index (Phi) is 5.68. The Balaban J connectivity index is 1.50. The number of halogens is 3. The summed E-state index contributed by atoms with van der Waals surface area (Å²) in [4.78, 5) is 8.66. The molecule has 0 N–H and O–H groups in total. The monoisotopic (exact) mass is 443 g/mol. The fraction of sp³-hybridized carbons (Fsp3) is 0.273. The third-order valence-electron chi connectivity index (χ3n) is 4.80. The van der Waals surface area contributed by atoms with Gasteiger partial charge in [0, 0.05) is 5.56 Å². The first kappa shape index (κ1) is 21.5. The van der Waals surface area contributed by atoms with E-state index in [1.165, 1.54) is 29.8 Å². The molecule has 0 unspecified atom stereocenters. The summed E-state index contributed by atoms with van der Waals surface area (Å²) in [5.41, 5.74) is 2.82. The van der Waals surface area contributed by atoms with Crippen LogP contribution in [0.25, 0.3) is 23.1 Å². The predicted molar refractivity (Wildman–Crippen MR) is 110 cm³/mol. The van der Waals surface area contributed by atoms with Crippen LogP contribution in [-0.2, 0) is 6.54 Å². The van der Waals surface area contributed by atoms with Gasteiger partial charge >= 0.3 is 6.36 Å². The lowest BCUT2D eigenvalue weighted by Gasteiger charge is -2.08. The lowest BCUT2D eigenvalue weighted by Crippen LogP contribution is -2.16. The molecule has 0 atom stereocenters. The van der Waals surface area contributed by atoms with Crippen LogP contribution in [0.2, 0.25) is 0 Å². The number of hydrogen-bond donors (Lipinski definition) is 0. The summed E-state index contributed by atoms with van der Waals surface area (Å²) in [5.74, 6) is 1.41. The zero-order chi connectivity index (χ0) is 22.9. The van der Waals surface area contributed by atoms with Crippen molar-refractivity contribution in [2.75, 3.05) is 0 Å². The Labute approximate surface area is 181 Å². The van der Waals surface area contributed by atoms with Crippen molar-refractivity contribution >= 4 is 0 Å². The van der Waals surface area contributed by atoms with Gasteiger partial charge < -0.3 is 9.26 Å². The van der Waals surface area contributed by atoms with Crippen LogP contribution in [0.3, 0.4) is 0 Å². The van der Waals surface area contributed by atoms with E-state index in [1.807, 2.05) is 6.92 Å². The minimum atomic E-state index is -4.75. The van der Waals surface area contributed by atoms with Crippen molar-refractivity contribution in [1.82, 2.24) is 24.9 Å². The molecule has 2 aromatic carbocycles. The number of rotatable bonds is 6. The number of alkyl halides is 3. The first-order valence-corrected chi connectivity index (χ1v) is 9.88. The Morgan fingerprint density at radius 1 is 0.969 bits per heavy atom. The van der Waals surface area contributed by atoms with E-state index in [-0.39, 0.29) is 23.3 Å². The second kappa shape index (κ2) is 8.45. The molecule has 4 rings (SSSR count). The van der Waals surface area contributed by atoms with E-state index in [9.17, 15) is 13.2 Å². The number of hydrogen-bond acceptors (Lipinski definition) is 6. The highest BCUT2D eigenvalue weighted by Gasteiger charge is 2.31. The Hall–Kier alpha value is -3.69. The highest BCUT2D eigenvalue weighted by atomic mass is 19.4. The average molecular weight is 443 g/mol. The number of aryl methyl sites for hydroxylation is 1. The van der Waals surface area contributed by atoms with Gasteiger partial charge in [-0.1, -0.05) is 43.3 Å². The molecule has 0 spiro atoms. The van der Waals surface area contributed by atoms with Gasteiger partial charge in [0.1, 0.15) is 11.6 Å². The van der Waals surface area contributed by atoms with Crippen LogP contribution in [0.4, 0.5) is 13.2 Å². The summed E-state index contributed by atoms with van der Waals surface area (Å²) in [6.07, 6.45) is -4.75. The lowest BCUT2D eigenvalue weighted by atomic mass is 10.0. The van der Waals surface area contributed by atoms with Gasteiger partial charge in [0.15, 0.2) is 0 Å². The van der Waals surface area contributed by atoms with Gasteiger partial charge in [-0.05, 0) is 48.2 Å². The molecule has 2 heterocycles. The number of ether oxygens (including phenoxy) is 1. The van der Waals surface area contributed by atoms with Gasteiger partial charge in [0.05, 0.1) is 6.54 Å². The van der Waals surface area contributed by atoms with Gasteiger partial charge in [0.25, 0.3) is 5.89 Å². The Morgan fingerprint density at radius 3 is 2.28 bits per heavy atom. The molecule has 0 amide bonds. The molecule has 7 nitrogen and oxygen atoms in total. The van der Waals surface area contributed by atoms with Gasteiger partial charge in [0.2, 0.25) is 11.6 Å². The number of benzene rings is 2. The quantitative estimate of drug-likeness (QED) is 0.398. The minimum absolute atomic E-state index is 0.118. The fourth-order valence-corrected chi connectivity index (χ4v) is 3.08. The van der Waals surface area contributed by atoms with E-state index >= 15 is 0 Å². The van der Waals surface area contributed by atoms with Gasteiger partial charge in [-0.15, -0.1) is 18.3 Å². The molecule has 0 bridgehead atoms. The summed E-state index contributed by atoms with van der Waals surface area (Å²) < 4.78 is 47.8. The normalized spacial score (nSPS) is 11.8. The molecule has 0 saturated heterocycles. The van der Waals surface area contributed by atoms with Crippen LogP contribution in [0.1, 0.15) is 36.7 Å². The molecular weight excluding hydrogens is 423 g/mol. The third-order valence-corrected chi connectivity index (χ3v) is 4.80. The van der Waals surface area contributed by atoms with E-state index in [1.54, 1.807) is 4.68 Å². The van der Waals surface area contributed by atoms with E-state index in [0.717, 1.165) is 5.56 Å². The van der Waals surface area contributed by atoms with Crippen molar-refractivity contribution in [3.05, 3.63) is 65.5 Å². The molecular formula is C22H20F3N5O2.